The summed E-state index contributed by atoms with van der Waals surface area (Å²) in [5.74, 6) is 5.45. The zero-order valence-electron chi connectivity index (χ0n) is 14.1. The summed E-state index contributed by atoms with van der Waals surface area (Å²) in [5.41, 5.74) is 13.2. The third kappa shape index (κ3) is 11.0. The van der Waals surface area contributed by atoms with Crippen molar-refractivity contribution in [1.82, 2.24) is 15.6 Å². The second kappa shape index (κ2) is 14.7. The van der Waals surface area contributed by atoms with Crippen LogP contribution in [-0.4, -0.2) is 10.2 Å². The number of nitrogens with one attached hydrogen (secondary N) is 1. The SMILES string of the molecule is C=C(N)NN.CC.CC.Nc1nnc(Cc2ccccc2Cl)o1. The predicted molar refractivity (Wildman–Crippen MR) is 96.3 cm³/mol. The van der Waals surface area contributed by atoms with Gasteiger partial charge in [0, 0.05) is 5.02 Å². The zero-order chi connectivity index (χ0) is 18.3. The van der Waals surface area contributed by atoms with E-state index in [9.17, 15) is 0 Å². The van der Waals surface area contributed by atoms with Gasteiger partial charge in [0.25, 0.3) is 0 Å². The van der Waals surface area contributed by atoms with Crippen LogP contribution >= 0.6 is 11.6 Å². The third-order valence-corrected chi connectivity index (χ3v) is 2.34. The van der Waals surface area contributed by atoms with Crippen molar-refractivity contribution in [2.24, 2.45) is 11.6 Å². The Morgan fingerprint density at radius 2 is 1.74 bits per heavy atom. The predicted octanol–water partition coefficient (Wildman–Crippen LogP) is 2.83. The van der Waals surface area contributed by atoms with Gasteiger partial charge in [0.1, 0.15) is 5.82 Å². The Bertz CT molecular complexity index is 544. The number of nitrogens with two attached hydrogens (primary N) is 3. The molecular formula is C15H27ClN6O. The number of hydrogen-bond donors (Lipinski definition) is 4. The number of rotatable bonds is 3. The third-order valence-electron chi connectivity index (χ3n) is 1.97. The Labute approximate surface area is 142 Å². The normalized spacial score (nSPS) is 8.26. The van der Waals surface area contributed by atoms with E-state index in [0.29, 0.717) is 17.3 Å². The molecule has 2 aromatic rings. The van der Waals surface area contributed by atoms with Crippen molar-refractivity contribution in [3.8, 4) is 0 Å². The van der Waals surface area contributed by atoms with E-state index in [2.05, 4.69) is 22.2 Å². The highest BCUT2D eigenvalue weighted by molar-refractivity contribution is 6.31. The van der Waals surface area contributed by atoms with Gasteiger partial charge in [-0.3, -0.25) is 0 Å². The number of hydrogen-bond acceptors (Lipinski definition) is 7. The van der Waals surface area contributed by atoms with Crippen LogP contribution < -0.4 is 22.7 Å². The quantitative estimate of drug-likeness (QED) is 0.498. The lowest BCUT2D eigenvalue weighted by Gasteiger charge is -1.98. The molecule has 0 aliphatic heterocycles. The standard InChI is InChI=1S/C9H8ClN3O.C2H7N3.2C2H6/c10-7-4-2-1-3-6(7)5-8-12-13-9(11)14-8;1-2(3)5-4;2*1-2/h1-4H,5H2,(H2,11,13);5H,1,3-4H2;2*1-2H3. The molecule has 0 aliphatic carbocycles. The average Bonchev–Trinajstić information content (AvgIpc) is 2.99. The second-order valence-electron chi connectivity index (χ2n) is 3.47. The number of nitrogens with zero attached hydrogens (tertiary/aromatic N) is 2. The summed E-state index contributed by atoms with van der Waals surface area (Å²) in [6.45, 7) is 11.2. The maximum atomic E-state index is 5.96. The number of hydrazine groups is 1. The summed E-state index contributed by atoms with van der Waals surface area (Å²) in [6.07, 6.45) is 0.504. The second-order valence-corrected chi connectivity index (χ2v) is 3.88. The van der Waals surface area contributed by atoms with Crippen molar-refractivity contribution in [3.05, 3.63) is 53.1 Å². The van der Waals surface area contributed by atoms with E-state index in [4.69, 9.17) is 33.3 Å². The fourth-order valence-electron chi connectivity index (χ4n) is 1.14. The van der Waals surface area contributed by atoms with Crippen molar-refractivity contribution in [1.29, 1.82) is 0 Å². The highest BCUT2D eigenvalue weighted by Gasteiger charge is 2.06. The van der Waals surface area contributed by atoms with Gasteiger partial charge in [-0.15, -0.1) is 5.10 Å². The fraction of sp³-hybridized carbons (Fsp3) is 0.333. The summed E-state index contributed by atoms with van der Waals surface area (Å²) in [4.78, 5) is 0. The molecule has 7 nitrogen and oxygen atoms in total. The minimum absolute atomic E-state index is 0.0760. The van der Waals surface area contributed by atoms with E-state index in [1.807, 2.05) is 52.0 Å². The average molecular weight is 343 g/mol. The monoisotopic (exact) mass is 342 g/mol. The smallest absolute Gasteiger partial charge is 0.312 e. The molecule has 23 heavy (non-hydrogen) atoms. The van der Waals surface area contributed by atoms with Crippen molar-refractivity contribution < 1.29 is 4.42 Å². The van der Waals surface area contributed by atoms with Crippen LogP contribution in [0.5, 0.6) is 0 Å². The van der Waals surface area contributed by atoms with Crippen molar-refractivity contribution >= 4 is 17.6 Å². The molecule has 1 aromatic heterocycles. The summed E-state index contributed by atoms with van der Waals surface area (Å²) >= 11 is 5.96. The Morgan fingerprint density at radius 1 is 1.22 bits per heavy atom. The molecule has 2 rings (SSSR count). The first-order valence-electron chi connectivity index (χ1n) is 7.25. The van der Waals surface area contributed by atoms with Gasteiger partial charge in [0.05, 0.1) is 6.42 Å². The molecule has 0 unspecified atom stereocenters. The summed E-state index contributed by atoms with van der Waals surface area (Å²) in [6, 6.07) is 7.57. The first-order chi connectivity index (χ1) is 11.0. The lowest BCUT2D eigenvalue weighted by atomic mass is 10.1. The van der Waals surface area contributed by atoms with E-state index in [-0.39, 0.29) is 11.8 Å². The Kier molecular flexibility index (Phi) is 14.7. The lowest BCUT2D eigenvalue weighted by molar-refractivity contribution is 0.522. The van der Waals surface area contributed by atoms with E-state index in [0.717, 1.165) is 5.56 Å². The molecule has 0 fully saturated rings. The van der Waals surface area contributed by atoms with Crippen molar-refractivity contribution in [2.75, 3.05) is 5.73 Å². The molecule has 0 bridgehead atoms. The molecule has 7 N–H and O–H groups in total. The summed E-state index contributed by atoms with van der Waals surface area (Å²) in [5, 5.41) is 8.00. The molecule has 8 heteroatoms. The summed E-state index contributed by atoms with van der Waals surface area (Å²) in [7, 11) is 0. The maximum Gasteiger partial charge on any atom is 0.312 e. The first-order valence-corrected chi connectivity index (χ1v) is 7.63. The largest absolute Gasteiger partial charge is 0.408 e. The summed E-state index contributed by atoms with van der Waals surface area (Å²) < 4.78 is 5.04. The molecule has 0 amide bonds. The molecule has 1 heterocycles. The van der Waals surface area contributed by atoms with Crippen LogP contribution in [0.4, 0.5) is 6.01 Å². The maximum absolute atomic E-state index is 5.96. The van der Waals surface area contributed by atoms with Crippen molar-refractivity contribution in [3.63, 3.8) is 0 Å². The Balaban J connectivity index is 0. The van der Waals surface area contributed by atoms with Crippen LogP contribution in [-0.2, 0) is 6.42 Å². The van der Waals surface area contributed by atoms with Gasteiger partial charge in [0.15, 0.2) is 0 Å². The Morgan fingerprint density at radius 3 is 2.13 bits per heavy atom. The Hall–Kier alpha value is -2.25. The van der Waals surface area contributed by atoms with E-state index < -0.39 is 0 Å². The van der Waals surface area contributed by atoms with E-state index >= 15 is 0 Å². The van der Waals surface area contributed by atoms with Crippen LogP contribution in [0.15, 0.2) is 41.1 Å². The van der Waals surface area contributed by atoms with Gasteiger partial charge in [-0.2, -0.15) is 0 Å². The molecule has 0 aliphatic rings. The fourth-order valence-corrected chi connectivity index (χ4v) is 1.35. The van der Waals surface area contributed by atoms with Crippen molar-refractivity contribution in [2.45, 2.75) is 34.1 Å². The van der Waals surface area contributed by atoms with Crippen LogP contribution in [0, 0.1) is 0 Å². The molecule has 0 saturated carbocycles. The van der Waals surface area contributed by atoms with Gasteiger partial charge >= 0.3 is 6.01 Å². The van der Waals surface area contributed by atoms with Gasteiger partial charge in [0.2, 0.25) is 5.89 Å². The number of benzene rings is 1. The topological polar surface area (TPSA) is 129 Å². The minimum atomic E-state index is 0.0760. The lowest BCUT2D eigenvalue weighted by Crippen LogP contribution is -2.25. The van der Waals surface area contributed by atoms with Gasteiger partial charge < -0.3 is 21.3 Å². The number of anilines is 1. The zero-order valence-corrected chi connectivity index (χ0v) is 14.9. The highest BCUT2D eigenvalue weighted by Crippen LogP contribution is 2.18. The molecular weight excluding hydrogens is 316 g/mol. The van der Waals surface area contributed by atoms with E-state index in [1.54, 1.807) is 0 Å². The van der Waals surface area contributed by atoms with Crippen LogP contribution in [0.25, 0.3) is 0 Å². The van der Waals surface area contributed by atoms with Crippen LogP contribution in [0.3, 0.4) is 0 Å². The molecule has 0 radical (unpaired) electrons. The molecule has 0 atom stereocenters. The number of aromatic nitrogens is 2. The van der Waals surface area contributed by atoms with Crippen LogP contribution in [0.2, 0.25) is 5.02 Å². The van der Waals surface area contributed by atoms with E-state index in [1.165, 1.54) is 0 Å². The highest BCUT2D eigenvalue weighted by atomic mass is 35.5. The van der Waals surface area contributed by atoms with Gasteiger partial charge in [-0.25, -0.2) is 5.84 Å². The number of halogens is 1. The minimum Gasteiger partial charge on any atom is -0.408 e. The first kappa shape index (κ1) is 23.0. The molecule has 130 valence electrons. The molecule has 1 aromatic carbocycles. The number of nitrogen functional groups attached to an aromatic ring is 1. The molecule has 0 saturated heterocycles. The molecule has 0 spiro atoms. The van der Waals surface area contributed by atoms with Gasteiger partial charge in [-0.1, -0.05) is 69.2 Å². The van der Waals surface area contributed by atoms with Gasteiger partial charge in [-0.05, 0) is 11.6 Å². The van der Waals surface area contributed by atoms with Crippen LogP contribution in [0.1, 0.15) is 39.1 Å².